The molecular formula is C14H16N6S. The van der Waals surface area contributed by atoms with Crippen LogP contribution in [0.5, 0.6) is 0 Å². The molecule has 1 aliphatic rings. The van der Waals surface area contributed by atoms with Gasteiger partial charge in [0.1, 0.15) is 5.82 Å². The average molecular weight is 300 g/mol. The third-order valence-electron chi connectivity index (χ3n) is 3.70. The van der Waals surface area contributed by atoms with Gasteiger partial charge in [0.2, 0.25) is 0 Å². The Morgan fingerprint density at radius 3 is 2.86 bits per heavy atom. The molecule has 0 aromatic carbocycles. The largest absolute Gasteiger partial charge is 0.384 e. The van der Waals surface area contributed by atoms with Crippen LogP contribution in [0.4, 0.5) is 11.5 Å². The minimum Gasteiger partial charge on any atom is -0.384 e. The third kappa shape index (κ3) is 2.24. The lowest BCUT2D eigenvalue weighted by atomic mass is 10.2. The van der Waals surface area contributed by atoms with Crippen LogP contribution in [0.25, 0.3) is 20.8 Å². The van der Waals surface area contributed by atoms with E-state index < -0.39 is 0 Å². The number of hydrogen-bond acceptors (Lipinski definition) is 6. The summed E-state index contributed by atoms with van der Waals surface area (Å²) >= 11 is 1.73. The number of nitrogen functional groups attached to an aromatic ring is 1. The van der Waals surface area contributed by atoms with Crippen molar-refractivity contribution in [3.05, 3.63) is 24.4 Å². The van der Waals surface area contributed by atoms with Crippen molar-refractivity contribution < 1.29 is 0 Å². The first kappa shape index (κ1) is 12.6. The van der Waals surface area contributed by atoms with Gasteiger partial charge in [0.05, 0.1) is 26.5 Å². The molecule has 3 aromatic rings. The Morgan fingerprint density at radius 1 is 1.24 bits per heavy atom. The number of H-pyrrole nitrogens is 1. The number of aromatic nitrogens is 3. The fraction of sp³-hybridized carbons (Fsp3) is 0.286. The first-order chi connectivity index (χ1) is 10.3. The van der Waals surface area contributed by atoms with Gasteiger partial charge in [0.15, 0.2) is 0 Å². The summed E-state index contributed by atoms with van der Waals surface area (Å²) in [5, 5.41) is 10.4. The molecule has 0 atom stereocenters. The Morgan fingerprint density at radius 2 is 2.10 bits per heavy atom. The van der Waals surface area contributed by atoms with Crippen LogP contribution in [0.15, 0.2) is 24.4 Å². The molecule has 108 valence electrons. The Labute approximate surface area is 126 Å². The number of nitrogens with zero attached hydrogens (tertiary/aromatic N) is 3. The third-order valence-corrected chi connectivity index (χ3v) is 4.88. The second kappa shape index (κ2) is 5.01. The molecule has 4 N–H and O–H groups in total. The monoisotopic (exact) mass is 300 g/mol. The van der Waals surface area contributed by atoms with E-state index in [2.05, 4.69) is 31.5 Å². The fourth-order valence-electron chi connectivity index (χ4n) is 2.69. The smallest absolute Gasteiger partial charge is 0.126 e. The van der Waals surface area contributed by atoms with Crippen molar-refractivity contribution >= 4 is 33.1 Å². The number of anilines is 2. The number of fused-ring (bicyclic) bond motifs is 1. The minimum absolute atomic E-state index is 0.574. The van der Waals surface area contributed by atoms with Crippen molar-refractivity contribution in [1.29, 1.82) is 0 Å². The molecule has 7 heteroatoms. The standard InChI is InChI=1S/C14H16N6S/c15-13-8-11(20-5-3-16-4-6-20)14-10(18-13)7-12(21-14)9-1-2-17-19-9/h1-2,7-8,16H,3-6H2,(H2,15,18)(H,17,19). The number of piperazine rings is 1. The number of rotatable bonds is 2. The molecule has 0 radical (unpaired) electrons. The molecule has 4 heterocycles. The van der Waals surface area contributed by atoms with Gasteiger partial charge in [-0.2, -0.15) is 5.10 Å². The van der Waals surface area contributed by atoms with E-state index in [0.717, 1.165) is 42.3 Å². The summed E-state index contributed by atoms with van der Waals surface area (Å²) in [4.78, 5) is 7.99. The molecule has 0 saturated carbocycles. The topological polar surface area (TPSA) is 82.9 Å². The zero-order chi connectivity index (χ0) is 14.2. The molecule has 0 unspecified atom stereocenters. The Kier molecular flexibility index (Phi) is 3.01. The number of aromatic amines is 1. The van der Waals surface area contributed by atoms with Crippen LogP contribution >= 0.6 is 11.3 Å². The summed E-state index contributed by atoms with van der Waals surface area (Å²) in [7, 11) is 0. The average Bonchev–Trinajstić information content (AvgIpc) is 3.16. The van der Waals surface area contributed by atoms with Crippen molar-refractivity contribution in [2.75, 3.05) is 36.8 Å². The normalized spacial score (nSPS) is 15.7. The van der Waals surface area contributed by atoms with Gasteiger partial charge < -0.3 is 16.0 Å². The lowest BCUT2D eigenvalue weighted by molar-refractivity contribution is 0.590. The zero-order valence-electron chi connectivity index (χ0n) is 11.5. The molecular weight excluding hydrogens is 284 g/mol. The lowest BCUT2D eigenvalue weighted by Gasteiger charge is -2.29. The second-order valence-corrected chi connectivity index (χ2v) is 6.15. The highest BCUT2D eigenvalue weighted by atomic mass is 32.1. The summed E-state index contributed by atoms with van der Waals surface area (Å²) in [5.74, 6) is 0.574. The van der Waals surface area contributed by atoms with Crippen LogP contribution in [0.3, 0.4) is 0 Å². The predicted octanol–water partition coefficient (Wildman–Crippen LogP) is 1.68. The first-order valence-corrected chi connectivity index (χ1v) is 7.78. The molecule has 6 nitrogen and oxygen atoms in total. The molecule has 1 saturated heterocycles. The van der Waals surface area contributed by atoms with Gasteiger partial charge in [-0.1, -0.05) is 0 Å². The Bertz CT molecular complexity index is 757. The van der Waals surface area contributed by atoms with Crippen LogP contribution < -0.4 is 16.0 Å². The van der Waals surface area contributed by atoms with E-state index in [1.54, 1.807) is 17.5 Å². The number of thiophene rings is 1. The second-order valence-electron chi connectivity index (χ2n) is 5.10. The first-order valence-electron chi connectivity index (χ1n) is 6.97. The van der Waals surface area contributed by atoms with Gasteiger partial charge in [0, 0.05) is 38.4 Å². The highest BCUT2D eigenvalue weighted by molar-refractivity contribution is 7.22. The summed E-state index contributed by atoms with van der Waals surface area (Å²) in [6, 6.07) is 6.04. The quantitative estimate of drug-likeness (QED) is 0.671. The van der Waals surface area contributed by atoms with Crippen LogP contribution in [0.1, 0.15) is 0 Å². The predicted molar refractivity (Wildman–Crippen MR) is 86.7 cm³/mol. The Hall–Kier alpha value is -2.12. The van der Waals surface area contributed by atoms with Crippen molar-refractivity contribution in [2.45, 2.75) is 0 Å². The summed E-state index contributed by atoms with van der Waals surface area (Å²) in [5.41, 5.74) is 9.15. The van der Waals surface area contributed by atoms with Crippen molar-refractivity contribution in [3.63, 3.8) is 0 Å². The number of hydrogen-bond donors (Lipinski definition) is 3. The molecule has 0 bridgehead atoms. The maximum Gasteiger partial charge on any atom is 0.126 e. The molecule has 0 aliphatic carbocycles. The molecule has 1 aliphatic heterocycles. The molecule has 0 spiro atoms. The SMILES string of the molecule is Nc1cc(N2CCNCC2)c2sc(-c3ccn[nH]3)cc2n1. The van der Waals surface area contributed by atoms with Gasteiger partial charge in [-0.3, -0.25) is 5.10 Å². The van der Waals surface area contributed by atoms with Crippen molar-refractivity contribution in [1.82, 2.24) is 20.5 Å². The molecule has 21 heavy (non-hydrogen) atoms. The van der Waals surface area contributed by atoms with Gasteiger partial charge in [-0.15, -0.1) is 11.3 Å². The van der Waals surface area contributed by atoms with E-state index in [9.17, 15) is 0 Å². The van der Waals surface area contributed by atoms with Gasteiger partial charge in [-0.05, 0) is 12.1 Å². The number of nitrogens with one attached hydrogen (secondary N) is 2. The van der Waals surface area contributed by atoms with E-state index in [-0.39, 0.29) is 0 Å². The fourth-order valence-corrected chi connectivity index (χ4v) is 3.81. The maximum atomic E-state index is 5.99. The van der Waals surface area contributed by atoms with Crippen LogP contribution in [-0.2, 0) is 0 Å². The summed E-state index contributed by atoms with van der Waals surface area (Å²) in [6.07, 6.45) is 1.76. The van der Waals surface area contributed by atoms with Crippen LogP contribution in [0, 0.1) is 0 Å². The molecule has 0 amide bonds. The van der Waals surface area contributed by atoms with Gasteiger partial charge in [0.25, 0.3) is 0 Å². The maximum absolute atomic E-state index is 5.99. The van der Waals surface area contributed by atoms with Crippen molar-refractivity contribution in [2.24, 2.45) is 0 Å². The van der Waals surface area contributed by atoms with E-state index in [0.29, 0.717) is 5.82 Å². The van der Waals surface area contributed by atoms with Crippen molar-refractivity contribution in [3.8, 4) is 10.6 Å². The van der Waals surface area contributed by atoms with Gasteiger partial charge >= 0.3 is 0 Å². The van der Waals surface area contributed by atoms with Gasteiger partial charge in [-0.25, -0.2) is 4.98 Å². The van der Waals surface area contributed by atoms with Crippen LogP contribution in [0.2, 0.25) is 0 Å². The van der Waals surface area contributed by atoms with E-state index >= 15 is 0 Å². The molecule has 3 aromatic heterocycles. The molecule has 1 fully saturated rings. The van der Waals surface area contributed by atoms with E-state index in [1.165, 1.54) is 10.4 Å². The highest BCUT2D eigenvalue weighted by Gasteiger charge is 2.17. The zero-order valence-corrected chi connectivity index (χ0v) is 12.3. The van der Waals surface area contributed by atoms with E-state index in [4.69, 9.17) is 5.73 Å². The molecule has 4 rings (SSSR count). The lowest BCUT2D eigenvalue weighted by Crippen LogP contribution is -2.43. The Balaban J connectivity index is 1.85. The number of nitrogens with two attached hydrogens (primary N) is 1. The minimum atomic E-state index is 0.574. The van der Waals surface area contributed by atoms with E-state index in [1.807, 2.05) is 12.1 Å². The number of pyridine rings is 1. The highest BCUT2D eigenvalue weighted by Crippen LogP contribution is 2.38. The summed E-state index contributed by atoms with van der Waals surface area (Å²) < 4.78 is 1.19. The summed E-state index contributed by atoms with van der Waals surface area (Å²) in [6.45, 7) is 4.00. The van der Waals surface area contributed by atoms with Crippen LogP contribution in [-0.4, -0.2) is 41.4 Å².